The number of hydrogen-bond donors (Lipinski definition) is 0. The molecule has 222 valence electrons. The van der Waals surface area contributed by atoms with Crippen molar-refractivity contribution in [3.05, 3.63) is 120 Å². The molecule has 0 spiro atoms. The van der Waals surface area contributed by atoms with Crippen molar-refractivity contribution in [3.63, 3.8) is 0 Å². The highest BCUT2D eigenvalue weighted by atomic mass is 16.7. The lowest BCUT2D eigenvalue weighted by molar-refractivity contribution is 0.0243. The van der Waals surface area contributed by atoms with Crippen molar-refractivity contribution in [2.75, 3.05) is 0 Å². The topological polar surface area (TPSA) is 78.9 Å². The van der Waals surface area contributed by atoms with Gasteiger partial charge in [-0.2, -0.15) is 0 Å². The van der Waals surface area contributed by atoms with Crippen molar-refractivity contribution in [3.8, 4) is 22.3 Å². The molecule has 0 saturated heterocycles. The summed E-state index contributed by atoms with van der Waals surface area (Å²) in [6.45, 7) is 7.96. The summed E-state index contributed by atoms with van der Waals surface area (Å²) in [7, 11) is 0. The van der Waals surface area contributed by atoms with E-state index in [4.69, 9.17) is 14.2 Å². The second-order valence-electron chi connectivity index (χ2n) is 10.6. The van der Waals surface area contributed by atoms with Crippen LogP contribution in [-0.4, -0.2) is 24.2 Å². The summed E-state index contributed by atoms with van der Waals surface area (Å²) in [6, 6.07) is 31.2. The Kier molecular flexibility index (Phi) is 10.9. The van der Waals surface area contributed by atoms with Crippen LogP contribution in [0.4, 0.5) is 4.79 Å². The maximum Gasteiger partial charge on any atom is 0.517 e. The third kappa shape index (κ3) is 8.41. The van der Waals surface area contributed by atoms with Crippen molar-refractivity contribution >= 4 is 18.1 Å². The minimum absolute atomic E-state index is 0.159. The fourth-order valence-corrected chi connectivity index (χ4v) is 5.05. The fourth-order valence-electron chi connectivity index (χ4n) is 5.05. The SMILES string of the molecule is CCC(CC)C[C@@H](C)OC(=O)c1ccc(-c2ccc(C(=O)OC(=O)O[C@H](C)c3ccccc3)cc2-c2ccccc2)cc1. The Labute approximate surface area is 253 Å². The number of benzene rings is 4. The Morgan fingerprint density at radius 3 is 1.84 bits per heavy atom. The molecule has 6 nitrogen and oxygen atoms in total. The van der Waals surface area contributed by atoms with Gasteiger partial charge in [0.15, 0.2) is 0 Å². The molecule has 0 heterocycles. The second-order valence-corrected chi connectivity index (χ2v) is 10.6. The summed E-state index contributed by atoms with van der Waals surface area (Å²) in [6.07, 6.45) is 1.17. The molecule has 0 unspecified atom stereocenters. The highest BCUT2D eigenvalue weighted by Gasteiger charge is 2.20. The van der Waals surface area contributed by atoms with E-state index in [-0.39, 0.29) is 17.6 Å². The Morgan fingerprint density at radius 1 is 0.628 bits per heavy atom. The van der Waals surface area contributed by atoms with E-state index >= 15 is 0 Å². The molecule has 0 radical (unpaired) electrons. The van der Waals surface area contributed by atoms with Crippen LogP contribution in [0.25, 0.3) is 22.3 Å². The highest BCUT2D eigenvalue weighted by molar-refractivity contribution is 5.98. The molecule has 0 fully saturated rings. The molecule has 0 aliphatic heterocycles. The van der Waals surface area contributed by atoms with Crippen molar-refractivity contribution in [2.45, 2.75) is 59.2 Å². The van der Waals surface area contributed by atoms with Crippen LogP contribution in [0.3, 0.4) is 0 Å². The van der Waals surface area contributed by atoms with Crippen molar-refractivity contribution in [1.29, 1.82) is 0 Å². The van der Waals surface area contributed by atoms with Gasteiger partial charge in [0, 0.05) is 0 Å². The van der Waals surface area contributed by atoms with Gasteiger partial charge in [-0.3, -0.25) is 0 Å². The Bertz CT molecular complexity index is 1510. The van der Waals surface area contributed by atoms with Gasteiger partial charge in [-0.25, -0.2) is 14.4 Å². The summed E-state index contributed by atoms with van der Waals surface area (Å²) in [5, 5.41) is 0. The smallest absolute Gasteiger partial charge is 0.459 e. The van der Waals surface area contributed by atoms with E-state index in [2.05, 4.69) is 13.8 Å². The van der Waals surface area contributed by atoms with Crippen molar-refractivity contribution in [2.24, 2.45) is 5.92 Å². The Morgan fingerprint density at radius 2 is 1.21 bits per heavy atom. The average Bonchev–Trinajstić information content (AvgIpc) is 3.04. The Balaban J connectivity index is 1.52. The summed E-state index contributed by atoms with van der Waals surface area (Å²) in [5.41, 5.74) is 4.84. The first-order chi connectivity index (χ1) is 20.8. The van der Waals surface area contributed by atoms with Gasteiger partial charge < -0.3 is 14.2 Å². The molecule has 2 atom stereocenters. The molecule has 4 aromatic rings. The van der Waals surface area contributed by atoms with E-state index in [1.807, 2.05) is 85.8 Å². The second kappa shape index (κ2) is 15.0. The largest absolute Gasteiger partial charge is 0.517 e. The zero-order chi connectivity index (χ0) is 30.8. The summed E-state index contributed by atoms with van der Waals surface area (Å²) in [5.74, 6) is -0.625. The highest BCUT2D eigenvalue weighted by Crippen LogP contribution is 2.34. The maximum absolute atomic E-state index is 12.9. The van der Waals surface area contributed by atoms with E-state index in [0.29, 0.717) is 11.5 Å². The molecule has 43 heavy (non-hydrogen) atoms. The number of rotatable bonds is 11. The van der Waals surface area contributed by atoms with Gasteiger partial charge >= 0.3 is 18.1 Å². The summed E-state index contributed by atoms with van der Waals surface area (Å²) in [4.78, 5) is 38.1. The van der Waals surface area contributed by atoms with Gasteiger partial charge in [-0.15, -0.1) is 0 Å². The van der Waals surface area contributed by atoms with Crippen LogP contribution in [0.15, 0.2) is 103 Å². The normalized spacial score (nSPS) is 12.3. The lowest BCUT2D eigenvalue weighted by Gasteiger charge is -2.19. The predicted octanol–water partition coefficient (Wildman–Crippen LogP) is 9.45. The molecule has 0 bridgehead atoms. The van der Waals surface area contributed by atoms with Gasteiger partial charge in [0.25, 0.3) is 0 Å². The van der Waals surface area contributed by atoms with E-state index < -0.39 is 18.2 Å². The molecule has 0 amide bonds. The first kappa shape index (κ1) is 31.2. The van der Waals surface area contributed by atoms with Gasteiger partial charge in [0.1, 0.15) is 6.10 Å². The van der Waals surface area contributed by atoms with Crippen LogP contribution in [0, 0.1) is 5.92 Å². The Hall–Kier alpha value is -4.71. The van der Waals surface area contributed by atoms with Gasteiger partial charge in [-0.1, -0.05) is 106 Å². The molecule has 0 aliphatic carbocycles. The lowest BCUT2D eigenvalue weighted by Crippen LogP contribution is -2.18. The summed E-state index contributed by atoms with van der Waals surface area (Å²) >= 11 is 0. The van der Waals surface area contributed by atoms with Crippen LogP contribution in [0.2, 0.25) is 0 Å². The van der Waals surface area contributed by atoms with Gasteiger partial charge in [0.2, 0.25) is 0 Å². The maximum atomic E-state index is 12.9. The predicted molar refractivity (Wildman–Crippen MR) is 168 cm³/mol. The quantitative estimate of drug-likeness (QED) is 0.130. The van der Waals surface area contributed by atoms with Crippen LogP contribution in [-0.2, 0) is 14.2 Å². The zero-order valence-corrected chi connectivity index (χ0v) is 25.1. The van der Waals surface area contributed by atoms with Crippen LogP contribution >= 0.6 is 0 Å². The minimum Gasteiger partial charge on any atom is -0.459 e. The zero-order valence-electron chi connectivity index (χ0n) is 25.1. The first-order valence-electron chi connectivity index (χ1n) is 14.8. The van der Waals surface area contributed by atoms with Crippen molar-refractivity contribution < 1.29 is 28.6 Å². The lowest BCUT2D eigenvalue weighted by atomic mass is 9.92. The van der Waals surface area contributed by atoms with E-state index in [9.17, 15) is 14.4 Å². The van der Waals surface area contributed by atoms with E-state index in [1.165, 1.54) is 0 Å². The molecule has 4 rings (SSSR count). The summed E-state index contributed by atoms with van der Waals surface area (Å²) < 4.78 is 16.0. The van der Waals surface area contributed by atoms with Crippen LogP contribution in [0.5, 0.6) is 0 Å². The standard InChI is InChI=1S/C37H38O6/c1-5-27(6-2)23-25(3)41-35(38)31-19-17-30(18-20-31)33-22-21-32(24-34(33)29-15-11-8-12-16-29)36(39)43-37(40)42-26(4)28-13-9-7-10-14-28/h7-22,24-27H,5-6,23H2,1-4H3/t25-,26-/m1/s1. The molecular formula is C37H38O6. The molecule has 0 saturated carbocycles. The number of hydrogen-bond acceptors (Lipinski definition) is 6. The fraction of sp³-hybridized carbons (Fsp3) is 0.270. The van der Waals surface area contributed by atoms with E-state index in [0.717, 1.165) is 47.1 Å². The number of ether oxygens (including phenoxy) is 3. The number of carbonyl (C=O) groups excluding carboxylic acids is 3. The monoisotopic (exact) mass is 578 g/mol. The number of carbonyl (C=O) groups is 3. The van der Waals surface area contributed by atoms with Crippen LogP contribution < -0.4 is 0 Å². The van der Waals surface area contributed by atoms with Gasteiger partial charge in [-0.05, 0) is 78.3 Å². The van der Waals surface area contributed by atoms with Gasteiger partial charge in [0.05, 0.1) is 17.2 Å². The molecule has 4 aromatic carbocycles. The molecular weight excluding hydrogens is 540 g/mol. The first-order valence-corrected chi connectivity index (χ1v) is 14.8. The van der Waals surface area contributed by atoms with E-state index in [1.54, 1.807) is 31.2 Å². The van der Waals surface area contributed by atoms with Crippen molar-refractivity contribution in [1.82, 2.24) is 0 Å². The third-order valence-electron chi connectivity index (χ3n) is 7.62. The van der Waals surface area contributed by atoms with Crippen LogP contribution in [0.1, 0.15) is 79.3 Å². The average molecular weight is 579 g/mol. The molecule has 0 N–H and O–H groups in total. The molecule has 0 aromatic heterocycles. The minimum atomic E-state index is -1.07. The number of esters is 2. The molecule has 0 aliphatic rings. The third-order valence-corrected chi connectivity index (χ3v) is 7.62. The molecule has 6 heteroatoms.